The molecule has 488 valence electrons. The van der Waals surface area contributed by atoms with Gasteiger partial charge in [-0.05, 0) is 50.5 Å². The lowest BCUT2D eigenvalue weighted by molar-refractivity contribution is -0.161. The molecule has 0 spiro atoms. The maximum absolute atomic E-state index is 13.5. The molecule has 1 fully saturated rings. The van der Waals surface area contributed by atoms with Crippen molar-refractivity contribution in [2.45, 2.75) is 255 Å². The number of carbonyl (C=O) groups is 3. The maximum Gasteiger partial charge on any atom is 0.481 e. The van der Waals surface area contributed by atoms with Crippen LogP contribution in [0.1, 0.15) is 213 Å². The van der Waals surface area contributed by atoms with E-state index in [1.54, 1.807) is 18.2 Å². The van der Waals surface area contributed by atoms with E-state index in [2.05, 4.69) is 42.2 Å². The zero-order chi connectivity index (χ0) is 62.7. The Labute approximate surface area is 509 Å². The van der Waals surface area contributed by atoms with Gasteiger partial charge < -0.3 is 55.9 Å². The van der Waals surface area contributed by atoms with E-state index in [0.29, 0.717) is 6.42 Å². The molecule has 1 saturated heterocycles. The first-order valence-electron chi connectivity index (χ1n) is 31.0. The minimum absolute atomic E-state index is 0.0270. The Morgan fingerprint density at radius 1 is 0.765 bits per heavy atom. The highest BCUT2D eigenvalue weighted by molar-refractivity contribution is 8.00. The van der Waals surface area contributed by atoms with Crippen molar-refractivity contribution in [2.75, 3.05) is 31.3 Å². The summed E-state index contributed by atoms with van der Waals surface area (Å²) < 4.78 is 57.3. The molecule has 2 heterocycles. The van der Waals surface area contributed by atoms with Crippen LogP contribution >= 0.6 is 27.4 Å². The summed E-state index contributed by atoms with van der Waals surface area (Å²) in [5, 5.41) is 40.6. The molecule has 85 heavy (non-hydrogen) atoms. The monoisotopic (exact) mass is 1260 g/mol. The van der Waals surface area contributed by atoms with Crippen molar-refractivity contribution in [3.8, 4) is 0 Å². The Morgan fingerprint density at radius 3 is 1.96 bits per heavy atom. The topological polar surface area (TPSA) is 349 Å². The number of hydrogen-bond donors (Lipinski definition) is 8. The summed E-state index contributed by atoms with van der Waals surface area (Å²) in [6.07, 6.45) is 36.5. The lowest BCUT2D eigenvalue weighted by Gasteiger charge is -2.23. The molecule has 25 heteroatoms. The van der Waals surface area contributed by atoms with Crippen LogP contribution in [0.3, 0.4) is 0 Å². The first-order valence-corrected chi connectivity index (χ1v) is 35.0. The van der Waals surface area contributed by atoms with E-state index >= 15 is 0 Å². The summed E-state index contributed by atoms with van der Waals surface area (Å²) in [5.41, 5.74) is 10.8. The van der Waals surface area contributed by atoms with Crippen LogP contribution in [0, 0.1) is 5.92 Å². The van der Waals surface area contributed by atoms with Crippen molar-refractivity contribution in [1.82, 2.24) is 9.55 Å². The van der Waals surface area contributed by atoms with Crippen LogP contribution in [0.5, 0.6) is 0 Å². The number of nitrogens with zero attached hydrogens (tertiary/aromatic N) is 2. The first kappa shape index (κ1) is 77.6. The number of carboxylic acids is 1. The standard InChI is InChI=1S/C60H104N4O18P2S/c1-4-6-7-8-9-10-11-21-24-27-30-33-38-52(50(65)37-35-39-54(66)67)85-46-49(61)59(71)80-48(43-77-55(68)40-34-31-28-25-22-19-17-15-13-12-14-16-18-20-23-26-29-32-36-47(3)5-2)44-78-83(73,74)82-84(75,76)79-45-51-56(69)57(70)58(81-51)64-42-41-53(62)63-60(64)72/h9-10,21,24,27,30,33,38,41-42,47-52,56-58,65,69-70H,4-8,11-20,22-23,25-26,28-29,31-32,34-37,39-40,43-46,61H2,1-3H3,(H,66,67)(H,73,74)(H,75,76)(H2,62,63,72)/b10-9-,24-21-,30-27+,38-33+/t47?,48-,49+,50+,51-,52-,56-,57-,58-/m1/s1. The van der Waals surface area contributed by atoms with E-state index < -0.39 is 107 Å². The molecular formula is C60H104N4O18P2S. The normalized spacial score (nSPS) is 19.8. The fourth-order valence-corrected chi connectivity index (χ4v) is 12.4. The lowest BCUT2D eigenvalue weighted by Crippen LogP contribution is -2.40. The molecule has 0 saturated carbocycles. The molecule has 1 aliphatic heterocycles. The van der Waals surface area contributed by atoms with E-state index in [1.165, 1.54) is 109 Å². The van der Waals surface area contributed by atoms with Crippen molar-refractivity contribution < 1.29 is 81.3 Å². The Hall–Kier alpha value is -3.54. The van der Waals surface area contributed by atoms with Gasteiger partial charge in [0.05, 0.1) is 19.3 Å². The van der Waals surface area contributed by atoms with Gasteiger partial charge in [0.1, 0.15) is 36.8 Å². The highest BCUT2D eigenvalue weighted by Crippen LogP contribution is 2.60. The van der Waals surface area contributed by atoms with Gasteiger partial charge in [-0.25, -0.2) is 13.9 Å². The number of anilines is 1. The zero-order valence-corrected chi connectivity index (χ0v) is 53.3. The summed E-state index contributed by atoms with van der Waals surface area (Å²) in [6.45, 7) is 4.05. The molecule has 3 unspecified atom stereocenters. The van der Waals surface area contributed by atoms with Crippen LogP contribution in [0.15, 0.2) is 65.7 Å². The molecule has 0 amide bonds. The summed E-state index contributed by atoms with van der Waals surface area (Å²) >= 11 is 1.09. The molecule has 2 rings (SSSR count). The minimum atomic E-state index is -5.58. The van der Waals surface area contributed by atoms with Gasteiger partial charge >= 0.3 is 39.2 Å². The van der Waals surface area contributed by atoms with Crippen molar-refractivity contribution in [1.29, 1.82) is 0 Å². The highest BCUT2D eigenvalue weighted by atomic mass is 32.2. The average Bonchev–Trinajstić information content (AvgIpc) is 3.32. The predicted octanol–water partition coefficient (Wildman–Crippen LogP) is 11.2. The first-order chi connectivity index (χ1) is 40.7. The van der Waals surface area contributed by atoms with Gasteiger partial charge in [0, 0.05) is 30.0 Å². The Morgan fingerprint density at radius 2 is 1.36 bits per heavy atom. The fourth-order valence-electron chi connectivity index (χ4n) is 9.13. The number of aromatic nitrogens is 2. The van der Waals surface area contributed by atoms with E-state index in [-0.39, 0.29) is 37.3 Å². The number of esters is 2. The SMILES string of the molecule is CCCCC/C=C\C\C=C/C=C/C=C/[C@@H](SC[C@H](N)C(=O)O[C@H](COC(=O)CCCCCCCCCCCCCCCCCCCCC(C)CC)COP(=O)(O)OP(=O)(O)OC[C@H]1O[C@@H](n2ccc(N)nc2=O)[C@H](O)[C@@H]1O)[C@@H](O)CCCC(=O)O. The summed E-state index contributed by atoms with van der Waals surface area (Å²) in [6, 6.07) is -0.158. The van der Waals surface area contributed by atoms with Crippen LogP contribution in [-0.4, -0.2) is 125 Å². The van der Waals surface area contributed by atoms with E-state index in [4.69, 9.17) is 39.8 Å². The quantitative estimate of drug-likeness (QED) is 0.00987. The molecule has 1 aliphatic rings. The van der Waals surface area contributed by atoms with Gasteiger partial charge in [0.15, 0.2) is 12.3 Å². The second kappa shape index (κ2) is 46.6. The number of aliphatic carboxylic acids is 1. The Balaban J connectivity index is 1.96. The Kier molecular flexibility index (Phi) is 42.5. The zero-order valence-electron chi connectivity index (χ0n) is 50.7. The van der Waals surface area contributed by atoms with Crippen LogP contribution < -0.4 is 17.2 Å². The lowest BCUT2D eigenvalue weighted by atomic mass is 9.99. The number of nitrogen functional groups attached to an aromatic ring is 1. The number of aliphatic hydroxyl groups excluding tert-OH is 3. The number of phosphoric ester groups is 2. The summed E-state index contributed by atoms with van der Waals surface area (Å²) in [4.78, 5) is 74.3. The summed E-state index contributed by atoms with van der Waals surface area (Å²) in [5.74, 6) is -2.15. The molecular weight excluding hydrogens is 1160 g/mol. The number of unbranched alkanes of at least 4 members (excludes halogenated alkanes) is 20. The van der Waals surface area contributed by atoms with Gasteiger partial charge in [-0.2, -0.15) is 9.29 Å². The third kappa shape index (κ3) is 37.8. The largest absolute Gasteiger partial charge is 0.481 e. The number of carbonyl (C=O) groups excluding carboxylic acids is 2. The molecule has 1 aromatic heterocycles. The number of carboxylic acid groups (broad SMARTS) is 1. The van der Waals surface area contributed by atoms with Crippen LogP contribution in [0.25, 0.3) is 0 Å². The van der Waals surface area contributed by atoms with Crippen molar-refractivity contribution >= 4 is 51.1 Å². The number of phosphoric acid groups is 2. The van der Waals surface area contributed by atoms with Crippen molar-refractivity contribution in [3.05, 3.63) is 71.4 Å². The van der Waals surface area contributed by atoms with Gasteiger partial charge in [-0.3, -0.25) is 28.0 Å². The third-order valence-corrected chi connectivity index (χ3v) is 18.5. The van der Waals surface area contributed by atoms with Crippen LogP contribution in [-0.2, 0) is 51.1 Å². The maximum atomic E-state index is 13.5. The van der Waals surface area contributed by atoms with Gasteiger partial charge in [0.2, 0.25) is 0 Å². The third-order valence-electron chi connectivity index (χ3n) is 14.5. The number of rotatable bonds is 52. The van der Waals surface area contributed by atoms with Crippen LogP contribution in [0.4, 0.5) is 5.82 Å². The molecule has 0 aliphatic carbocycles. The van der Waals surface area contributed by atoms with Gasteiger partial charge in [-0.15, -0.1) is 11.8 Å². The molecule has 0 bridgehead atoms. The van der Waals surface area contributed by atoms with E-state index in [9.17, 15) is 53.4 Å². The molecule has 1 aromatic rings. The van der Waals surface area contributed by atoms with E-state index in [1.807, 2.05) is 18.2 Å². The number of nitrogens with two attached hydrogens (primary N) is 2. The Bertz CT molecular complexity index is 2270. The number of ether oxygens (including phenoxy) is 3. The second-order valence-corrected chi connectivity index (χ2v) is 26.3. The summed E-state index contributed by atoms with van der Waals surface area (Å²) in [7, 11) is -11.1. The molecule has 11 atom stereocenters. The van der Waals surface area contributed by atoms with E-state index in [0.717, 1.165) is 79.8 Å². The fraction of sp³-hybridized carbons (Fsp3) is 0.750. The molecule has 10 N–H and O–H groups in total. The van der Waals surface area contributed by atoms with Crippen molar-refractivity contribution in [3.63, 3.8) is 0 Å². The van der Waals surface area contributed by atoms with Gasteiger partial charge in [-0.1, -0.05) is 204 Å². The number of aliphatic hydroxyl groups is 3. The highest BCUT2D eigenvalue weighted by Gasteiger charge is 2.46. The average molecular weight is 1260 g/mol. The molecule has 22 nitrogen and oxygen atoms in total. The minimum Gasteiger partial charge on any atom is -0.481 e. The predicted molar refractivity (Wildman–Crippen MR) is 331 cm³/mol. The smallest absolute Gasteiger partial charge is 0.481 e. The van der Waals surface area contributed by atoms with Crippen molar-refractivity contribution in [2.24, 2.45) is 11.7 Å². The number of hydrogen-bond acceptors (Lipinski definition) is 19. The van der Waals surface area contributed by atoms with Gasteiger partial charge in [0.25, 0.3) is 0 Å². The molecule has 0 aromatic carbocycles. The second-order valence-electron chi connectivity index (χ2n) is 22.0. The number of allylic oxidation sites excluding steroid dienone is 7. The number of thioether (sulfide) groups is 1. The van der Waals surface area contributed by atoms with Crippen LogP contribution in [0.2, 0.25) is 0 Å². The molecule has 0 radical (unpaired) electrons.